The lowest BCUT2D eigenvalue weighted by atomic mass is 10.1. The van der Waals surface area contributed by atoms with Crippen LogP contribution in [0.4, 0.5) is 5.69 Å². The van der Waals surface area contributed by atoms with E-state index in [4.69, 9.17) is 23.2 Å². The molecular weight excluding hydrogens is 441 g/mol. The van der Waals surface area contributed by atoms with Crippen LogP contribution in [0.25, 0.3) is 0 Å². The Bertz CT molecular complexity index is 945. The number of nitrogens with one attached hydrogen (secondary N) is 1. The summed E-state index contributed by atoms with van der Waals surface area (Å²) in [5.41, 5.74) is 0.622. The maximum Gasteiger partial charge on any atom is 0.273 e. The second-order valence-corrected chi connectivity index (χ2v) is 8.41. The van der Waals surface area contributed by atoms with Crippen molar-refractivity contribution in [1.82, 2.24) is 10.2 Å². The molecule has 0 spiro atoms. The van der Waals surface area contributed by atoms with Gasteiger partial charge in [0.25, 0.3) is 5.69 Å². The molecule has 0 fully saturated rings. The van der Waals surface area contributed by atoms with Crippen molar-refractivity contribution in [2.45, 2.75) is 39.8 Å². The fourth-order valence-corrected chi connectivity index (χ4v) is 3.51. The normalized spacial score (nSPS) is 11.8. The van der Waals surface area contributed by atoms with E-state index in [2.05, 4.69) is 5.32 Å². The molecule has 7 nitrogen and oxygen atoms in total. The highest BCUT2D eigenvalue weighted by atomic mass is 35.5. The van der Waals surface area contributed by atoms with Crippen LogP contribution in [0.1, 0.15) is 31.9 Å². The minimum Gasteiger partial charge on any atom is -0.354 e. The van der Waals surface area contributed by atoms with Crippen LogP contribution in [0.2, 0.25) is 10.0 Å². The van der Waals surface area contributed by atoms with E-state index < -0.39 is 16.9 Å². The number of halogens is 2. The maximum atomic E-state index is 13.2. The lowest BCUT2D eigenvalue weighted by Crippen LogP contribution is -2.48. The van der Waals surface area contributed by atoms with Crippen molar-refractivity contribution < 1.29 is 14.5 Å². The highest BCUT2D eigenvalue weighted by Gasteiger charge is 2.29. The minimum absolute atomic E-state index is 0.00572. The van der Waals surface area contributed by atoms with Gasteiger partial charge in [-0.3, -0.25) is 19.7 Å². The largest absolute Gasteiger partial charge is 0.354 e. The molecular formula is C22H25Cl2N3O4. The Morgan fingerprint density at radius 1 is 1.06 bits per heavy atom. The first-order valence-corrected chi connectivity index (χ1v) is 10.6. The first kappa shape index (κ1) is 24.6. The van der Waals surface area contributed by atoms with Crippen LogP contribution in [0.5, 0.6) is 0 Å². The zero-order chi connectivity index (χ0) is 23.1. The molecule has 1 N–H and O–H groups in total. The monoisotopic (exact) mass is 465 g/mol. The number of rotatable bonds is 9. The molecule has 0 aliphatic carbocycles. The molecule has 0 radical (unpaired) electrons. The van der Waals surface area contributed by atoms with Crippen molar-refractivity contribution >= 4 is 40.7 Å². The average Bonchev–Trinajstić information content (AvgIpc) is 2.71. The van der Waals surface area contributed by atoms with Gasteiger partial charge in [-0.1, -0.05) is 61.3 Å². The summed E-state index contributed by atoms with van der Waals surface area (Å²) in [7, 11) is 0. The summed E-state index contributed by atoms with van der Waals surface area (Å²) in [4.78, 5) is 38.1. The molecule has 0 aromatic heterocycles. The molecule has 166 valence electrons. The molecule has 0 saturated heterocycles. The average molecular weight is 466 g/mol. The van der Waals surface area contributed by atoms with E-state index in [-0.39, 0.29) is 36.0 Å². The third kappa shape index (κ3) is 6.67. The predicted molar refractivity (Wildman–Crippen MR) is 121 cm³/mol. The number of hydrogen-bond acceptors (Lipinski definition) is 4. The number of nitro groups is 1. The van der Waals surface area contributed by atoms with Crippen molar-refractivity contribution in [3.63, 3.8) is 0 Å². The summed E-state index contributed by atoms with van der Waals surface area (Å²) in [6.07, 6.45) is -0.235. The van der Waals surface area contributed by atoms with Crippen LogP contribution in [0.15, 0.2) is 42.5 Å². The molecule has 0 aliphatic rings. The van der Waals surface area contributed by atoms with Gasteiger partial charge >= 0.3 is 0 Å². The summed E-state index contributed by atoms with van der Waals surface area (Å²) in [6.45, 7) is 5.99. The Morgan fingerprint density at radius 2 is 1.68 bits per heavy atom. The van der Waals surface area contributed by atoms with Gasteiger partial charge in [0.2, 0.25) is 11.8 Å². The van der Waals surface area contributed by atoms with Crippen LogP contribution in [-0.4, -0.2) is 34.2 Å². The van der Waals surface area contributed by atoms with Crippen LogP contribution >= 0.6 is 23.2 Å². The van der Waals surface area contributed by atoms with Gasteiger partial charge in [-0.25, -0.2) is 0 Å². The fraction of sp³-hybridized carbons (Fsp3) is 0.364. The van der Waals surface area contributed by atoms with Gasteiger partial charge in [0.15, 0.2) is 0 Å². The highest BCUT2D eigenvalue weighted by molar-refractivity contribution is 6.36. The second-order valence-electron chi connectivity index (χ2n) is 7.60. The Kier molecular flexibility index (Phi) is 8.83. The van der Waals surface area contributed by atoms with Crippen LogP contribution in [0.3, 0.4) is 0 Å². The van der Waals surface area contributed by atoms with Gasteiger partial charge in [-0.2, -0.15) is 0 Å². The van der Waals surface area contributed by atoms with Crippen molar-refractivity contribution in [2.24, 2.45) is 5.92 Å². The zero-order valence-corrected chi connectivity index (χ0v) is 19.1. The third-order valence-electron chi connectivity index (χ3n) is 4.77. The number of amides is 2. The molecule has 2 aromatic rings. The second kappa shape index (κ2) is 11.1. The van der Waals surface area contributed by atoms with Crippen molar-refractivity contribution in [2.75, 3.05) is 6.54 Å². The molecule has 31 heavy (non-hydrogen) atoms. The maximum absolute atomic E-state index is 13.2. The fourth-order valence-electron chi connectivity index (χ4n) is 2.99. The number of benzene rings is 2. The van der Waals surface area contributed by atoms with E-state index in [0.29, 0.717) is 22.2 Å². The van der Waals surface area contributed by atoms with E-state index >= 15 is 0 Å². The highest BCUT2D eigenvalue weighted by Crippen LogP contribution is 2.27. The molecule has 2 amide bonds. The van der Waals surface area contributed by atoms with Gasteiger partial charge in [-0.15, -0.1) is 0 Å². The Balaban J connectivity index is 2.35. The summed E-state index contributed by atoms with van der Waals surface area (Å²) in [6, 6.07) is 10.2. The molecule has 2 aromatic carbocycles. The number of carbonyl (C=O) groups is 2. The number of carbonyl (C=O) groups excluding carboxylic acids is 2. The molecule has 0 aliphatic heterocycles. The van der Waals surface area contributed by atoms with Crippen molar-refractivity contribution in [3.8, 4) is 0 Å². The van der Waals surface area contributed by atoms with E-state index in [1.165, 1.54) is 23.1 Å². The Hall–Kier alpha value is -2.64. The lowest BCUT2D eigenvalue weighted by molar-refractivity contribution is -0.385. The topological polar surface area (TPSA) is 92.6 Å². The Labute approximate surface area is 191 Å². The van der Waals surface area contributed by atoms with Crippen LogP contribution in [-0.2, 0) is 22.6 Å². The molecule has 9 heteroatoms. The lowest BCUT2D eigenvalue weighted by Gasteiger charge is -2.29. The number of nitrogens with zero attached hydrogens (tertiary/aromatic N) is 2. The first-order valence-electron chi connectivity index (χ1n) is 9.84. The van der Waals surface area contributed by atoms with E-state index in [9.17, 15) is 19.7 Å². The van der Waals surface area contributed by atoms with Crippen LogP contribution in [0, 0.1) is 16.0 Å². The molecule has 0 bridgehead atoms. The molecule has 2 rings (SSSR count). The van der Waals surface area contributed by atoms with Crippen molar-refractivity contribution in [3.05, 3.63) is 73.8 Å². The van der Waals surface area contributed by atoms with Gasteiger partial charge in [0.1, 0.15) is 6.04 Å². The summed E-state index contributed by atoms with van der Waals surface area (Å²) in [5.74, 6) is -0.532. The molecule has 0 unspecified atom stereocenters. The Morgan fingerprint density at radius 3 is 2.26 bits per heavy atom. The van der Waals surface area contributed by atoms with Gasteiger partial charge in [0.05, 0.1) is 11.3 Å². The third-order valence-corrected chi connectivity index (χ3v) is 5.48. The van der Waals surface area contributed by atoms with E-state index in [1.807, 2.05) is 13.8 Å². The number of nitro benzene ring substituents is 1. The van der Waals surface area contributed by atoms with Gasteiger partial charge in [-0.05, 0) is 25.0 Å². The zero-order valence-electron chi connectivity index (χ0n) is 17.6. The summed E-state index contributed by atoms with van der Waals surface area (Å²) >= 11 is 12.6. The van der Waals surface area contributed by atoms with Crippen LogP contribution < -0.4 is 5.32 Å². The standard InChI is InChI=1S/C22H25Cl2N3O4/c1-14(2)12-25-22(29)15(3)26(13-17-18(23)8-6-9-19(17)24)21(28)11-16-7-4-5-10-20(16)27(30)31/h4-10,14-15H,11-13H2,1-3H3,(H,25,29)/t15-/m0/s1. The van der Waals surface area contributed by atoms with Gasteiger partial charge in [0, 0.05) is 40.3 Å². The molecule has 1 atom stereocenters. The van der Waals surface area contributed by atoms with Crippen molar-refractivity contribution in [1.29, 1.82) is 0 Å². The smallest absolute Gasteiger partial charge is 0.273 e. The quantitative estimate of drug-likeness (QED) is 0.431. The number of para-hydroxylation sites is 1. The molecule has 0 saturated carbocycles. The molecule has 0 heterocycles. The summed E-state index contributed by atoms with van der Waals surface area (Å²) < 4.78 is 0. The van der Waals surface area contributed by atoms with Gasteiger partial charge < -0.3 is 10.2 Å². The first-order chi connectivity index (χ1) is 14.6. The number of hydrogen-bond donors (Lipinski definition) is 1. The van der Waals surface area contributed by atoms with E-state index in [0.717, 1.165) is 0 Å². The predicted octanol–water partition coefficient (Wildman–Crippen LogP) is 4.63. The van der Waals surface area contributed by atoms with E-state index in [1.54, 1.807) is 31.2 Å². The summed E-state index contributed by atoms with van der Waals surface area (Å²) in [5, 5.41) is 14.9. The minimum atomic E-state index is -0.832. The SMILES string of the molecule is CC(C)CNC(=O)[C@H](C)N(Cc1c(Cl)cccc1Cl)C(=O)Cc1ccccc1[N+](=O)[O-].